The average Bonchev–Trinajstić information content (AvgIpc) is 2.70. The Labute approximate surface area is 187 Å². The molecule has 0 saturated heterocycles. The molecule has 1 aliphatic rings. The third-order valence-electron chi connectivity index (χ3n) is 5.64. The van der Waals surface area contributed by atoms with Crippen LogP contribution in [0.15, 0.2) is 59.5 Å². The molecule has 0 atom stereocenters. The van der Waals surface area contributed by atoms with E-state index in [1.165, 1.54) is 74.5 Å². The van der Waals surface area contributed by atoms with Crippen molar-refractivity contribution >= 4 is 12.0 Å². The molecule has 0 radical (unpaired) electrons. The zero-order valence-electron chi connectivity index (χ0n) is 18.1. The molecule has 3 rings (SSSR count). The van der Waals surface area contributed by atoms with E-state index in [9.17, 15) is 0 Å². The minimum absolute atomic E-state index is 0. The van der Waals surface area contributed by atoms with Gasteiger partial charge in [0.25, 0.3) is 0 Å². The normalized spacial score (nSPS) is 16.9. The first kappa shape index (κ1) is 34.0. The van der Waals surface area contributed by atoms with Gasteiger partial charge in [0, 0.05) is 16.9 Å². The highest BCUT2D eigenvalue weighted by atomic mass is 32.2. The molecule has 1 fully saturated rings. The summed E-state index contributed by atoms with van der Waals surface area (Å²) in [5.74, 6) is 1.76. The Kier molecular flexibility index (Phi) is 21.0. The maximum atomic E-state index is 5.77. The lowest BCUT2D eigenvalue weighted by Crippen LogP contribution is -2.13. The molecule has 0 bridgehead atoms. The Morgan fingerprint density at radius 3 is 1.97 bits per heavy atom. The van der Waals surface area contributed by atoms with Gasteiger partial charge < -0.3 is 4.18 Å². The van der Waals surface area contributed by atoms with Gasteiger partial charge >= 0.3 is 0 Å². The van der Waals surface area contributed by atoms with Crippen molar-refractivity contribution in [1.29, 1.82) is 0 Å². The van der Waals surface area contributed by atoms with E-state index in [2.05, 4.69) is 43.3 Å². The third kappa shape index (κ3) is 11.5. The molecule has 0 heterocycles. The first-order chi connectivity index (χ1) is 12.8. The summed E-state index contributed by atoms with van der Waals surface area (Å²) in [4.78, 5) is 1.15. The second-order valence-electron chi connectivity index (χ2n) is 7.61. The van der Waals surface area contributed by atoms with E-state index in [0.29, 0.717) is 6.61 Å². The van der Waals surface area contributed by atoms with Gasteiger partial charge in [0.1, 0.15) is 0 Å². The number of hydrogen-bond acceptors (Lipinski definition) is 2. The van der Waals surface area contributed by atoms with Crippen LogP contribution in [0, 0.1) is 5.92 Å². The van der Waals surface area contributed by atoms with E-state index in [-0.39, 0.29) is 23.5 Å². The zero-order chi connectivity index (χ0) is 18.0. The highest BCUT2D eigenvalue weighted by Gasteiger charge is 2.21. The fraction of sp³-hybridized carbons (Fsp3) is 0.500. The maximum absolute atomic E-state index is 5.77. The van der Waals surface area contributed by atoms with Gasteiger partial charge in [-0.2, -0.15) is 0 Å². The van der Waals surface area contributed by atoms with Crippen LogP contribution < -0.4 is 0 Å². The molecule has 180 valence electrons. The molecule has 1 nitrogen and oxygen atoms in total. The molecule has 31 heavy (non-hydrogen) atoms. The first-order valence-corrected chi connectivity index (χ1v) is 11.0. The summed E-state index contributed by atoms with van der Waals surface area (Å²) < 4.78 is 5.77. The lowest BCUT2D eigenvalue weighted by atomic mass is 9.77. The van der Waals surface area contributed by atoms with Crippen LogP contribution in [0.5, 0.6) is 0 Å². The van der Waals surface area contributed by atoms with Crippen molar-refractivity contribution in [2.75, 3.05) is 0 Å². The van der Waals surface area contributed by atoms with Crippen molar-refractivity contribution in [1.82, 2.24) is 0 Å². The number of halogens is 5. The second kappa shape index (κ2) is 19.1. The molecule has 2 aromatic carbocycles. The first-order valence-electron chi connectivity index (χ1n) is 10.3. The molecule has 0 N–H and O–H groups in total. The molecule has 0 aromatic heterocycles. The van der Waals surface area contributed by atoms with Crippen molar-refractivity contribution < 1.29 is 27.7 Å². The van der Waals surface area contributed by atoms with E-state index < -0.39 is 0 Å². The highest BCUT2D eigenvalue weighted by molar-refractivity contribution is 7.94. The quantitative estimate of drug-likeness (QED) is 0.207. The van der Waals surface area contributed by atoms with Gasteiger partial charge in [-0.05, 0) is 60.8 Å². The molecule has 0 amide bonds. The summed E-state index contributed by atoms with van der Waals surface area (Å²) >= 11 is 1.46. The van der Waals surface area contributed by atoms with E-state index in [1.54, 1.807) is 0 Å². The van der Waals surface area contributed by atoms with Gasteiger partial charge in [-0.15, -0.1) is 0 Å². The van der Waals surface area contributed by atoms with Crippen LogP contribution in [0.3, 0.4) is 0 Å². The smallest absolute Gasteiger partial charge is 0.0869 e. The lowest BCUT2D eigenvalue weighted by molar-refractivity contribution is 0.302. The van der Waals surface area contributed by atoms with Crippen LogP contribution in [0.4, 0.5) is 23.5 Å². The van der Waals surface area contributed by atoms with Gasteiger partial charge in [-0.25, -0.2) is 0 Å². The summed E-state index contributed by atoms with van der Waals surface area (Å²) in [6, 6.07) is 19.4. The molecular weight excluding hydrogens is 431 g/mol. The molecule has 2 aromatic rings. The van der Waals surface area contributed by atoms with E-state index in [4.69, 9.17) is 4.18 Å². The number of unbranched alkanes of at least 4 members (excludes halogenated alkanes) is 2. The van der Waals surface area contributed by atoms with Gasteiger partial charge in [-0.1, -0.05) is 75.1 Å². The van der Waals surface area contributed by atoms with E-state index >= 15 is 0 Å². The fourth-order valence-corrected chi connectivity index (χ4v) is 4.59. The fourth-order valence-electron chi connectivity index (χ4n) is 4.00. The van der Waals surface area contributed by atoms with Crippen molar-refractivity contribution in [2.24, 2.45) is 5.92 Å². The van der Waals surface area contributed by atoms with Crippen molar-refractivity contribution in [3.05, 3.63) is 65.7 Å². The van der Waals surface area contributed by atoms with Crippen LogP contribution in [-0.4, -0.2) is 0 Å². The Morgan fingerprint density at radius 2 is 1.39 bits per heavy atom. The predicted octanol–water partition coefficient (Wildman–Crippen LogP) is 8.53. The van der Waals surface area contributed by atoms with Gasteiger partial charge in [0.2, 0.25) is 0 Å². The highest BCUT2D eigenvalue weighted by Crippen LogP contribution is 2.37. The third-order valence-corrected chi connectivity index (χ3v) is 6.34. The van der Waals surface area contributed by atoms with Crippen molar-refractivity contribution in [2.45, 2.75) is 75.7 Å². The Morgan fingerprint density at radius 1 is 0.774 bits per heavy atom. The summed E-state index contributed by atoms with van der Waals surface area (Å²) in [6.07, 6.45) is 11.2. The summed E-state index contributed by atoms with van der Waals surface area (Å²) in [7, 11) is 0. The molecule has 0 aliphatic heterocycles. The Hall–Kier alpha value is -1.60. The van der Waals surface area contributed by atoms with Crippen LogP contribution in [0.1, 0.15) is 75.3 Å². The predicted molar refractivity (Wildman–Crippen MR) is 125 cm³/mol. The molecule has 0 unspecified atom stereocenters. The largest absolute Gasteiger partial charge is 0.305 e. The number of hydrogen-bond donors (Lipinski definition) is 0. The molecular formula is C24H37F5OS. The van der Waals surface area contributed by atoms with E-state index in [0.717, 1.165) is 16.7 Å². The van der Waals surface area contributed by atoms with Crippen LogP contribution in [-0.2, 0) is 10.8 Å². The minimum atomic E-state index is 0. The number of rotatable bonds is 9. The van der Waals surface area contributed by atoms with Crippen LogP contribution >= 0.6 is 12.0 Å². The standard InChI is InChI=1S/C24H32OS.5FH/c1-2-3-5-8-20-11-15-22(16-12-20)23-17-13-21(14-18-23)19-25-26-24-9-6-4-7-10-24;;;;;/h4,6-7,9-10,13-14,17-18,20,22H,2-3,5,8,11-12,15-16,19H2,1H3;5*1H. The van der Waals surface area contributed by atoms with Crippen molar-refractivity contribution in [3.63, 3.8) is 0 Å². The average molecular weight is 469 g/mol. The zero-order valence-corrected chi connectivity index (χ0v) is 18.9. The van der Waals surface area contributed by atoms with Crippen LogP contribution in [0.25, 0.3) is 0 Å². The Bertz CT molecular complexity index is 634. The van der Waals surface area contributed by atoms with Crippen molar-refractivity contribution in [3.8, 4) is 0 Å². The second-order valence-corrected chi connectivity index (χ2v) is 8.49. The Balaban J connectivity index is -0.00000157. The van der Waals surface area contributed by atoms with Gasteiger partial charge in [0.05, 0.1) is 6.61 Å². The summed E-state index contributed by atoms with van der Waals surface area (Å²) in [6.45, 7) is 2.95. The minimum Gasteiger partial charge on any atom is -0.305 e. The lowest BCUT2D eigenvalue weighted by Gasteiger charge is -2.29. The maximum Gasteiger partial charge on any atom is 0.0869 e. The summed E-state index contributed by atoms with van der Waals surface area (Å²) in [5, 5.41) is 0. The van der Waals surface area contributed by atoms with Crippen LogP contribution in [0.2, 0.25) is 0 Å². The molecule has 0 spiro atoms. The molecule has 7 heteroatoms. The number of benzene rings is 2. The molecule has 1 saturated carbocycles. The monoisotopic (exact) mass is 468 g/mol. The van der Waals surface area contributed by atoms with Gasteiger partial charge in [-0.3, -0.25) is 23.5 Å². The SMILES string of the molecule is CCCCCC1CCC(c2ccc(COSc3ccccc3)cc2)CC1.F.F.F.F.F. The van der Waals surface area contributed by atoms with Gasteiger partial charge in [0.15, 0.2) is 0 Å². The topological polar surface area (TPSA) is 9.23 Å². The summed E-state index contributed by atoms with van der Waals surface area (Å²) in [5.41, 5.74) is 2.78. The molecule has 1 aliphatic carbocycles. The van der Waals surface area contributed by atoms with E-state index in [1.807, 2.05) is 18.2 Å².